The number of pyridine rings is 1. The molecule has 0 bridgehead atoms. The normalized spacial score (nSPS) is 10.9. The number of carbonyl (C=O) groups excluding carboxylic acids is 1. The van der Waals surface area contributed by atoms with Gasteiger partial charge in [-0.25, -0.2) is 4.98 Å². The first-order valence-electron chi connectivity index (χ1n) is 8.11. The smallest absolute Gasteiger partial charge is 0.257 e. The Morgan fingerprint density at radius 1 is 1.07 bits per heavy atom. The summed E-state index contributed by atoms with van der Waals surface area (Å²) in [6, 6.07) is 14.0. The number of rotatable bonds is 3. The minimum atomic E-state index is -0.345. The van der Waals surface area contributed by atoms with Gasteiger partial charge in [-0.2, -0.15) is 4.98 Å². The van der Waals surface area contributed by atoms with Crippen LogP contribution in [0.2, 0.25) is 10.0 Å². The maximum Gasteiger partial charge on any atom is 0.257 e. The predicted molar refractivity (Wildman–Crippen MR) is 106 cm³/mol. The molecule has 4 rings (SSSR count). The van der Waals surface area contributed by atoms with Crippen LogP contribution in [0.1, 0.15) is 15.9 Å². The molecule has 27 heavy (non-hydrogen) atoms. The summed E-state index contributed by atoms with van der Waals surface area (Å²) in [7, 11) is 0. The van der Waals surface area contributed by atoms with E-state index in [0.29, 0.717) is 33.4 Å². The van der Waals surface area contributed by atoms with E-state index in [-0.39, 0.29) is 10.9 Å². The molecule has 7 heteroatoms. The van der Waals surface area contributed by atoms with Crippen molar-refractivity contribution >= 4 is 46.0 Å². The van der Waals surface area contributed by atoms with E-state index in [1.165, 1.54) is 0 Å². The van der Waals surface area contributed by atoms with Gasteiger partial charge < -0.3 is 9.73 Å². The van der Waals surface area contributed by atoms with Crippen LogP contribution < -0.4 is 5.32 Å². The largest absolute Gasteiger partial charge is 0.434 e. The van der Waals surface area contributed by atoms with Crippen LogP contribution in [0.15, 0.2) is 59.1 Å². The summed E-state index contributed by atoms with van der Waals surface area (Å²) in [6.07, 6.45) is 1.66. The first-order valence-corrected chi connectivity index (χ1v) is 8.87. The Labute approximate surface area is 165 Å². The lowest BCUT2D eigenvalue weighted by Gasteiger charge is -2.12. The molecule has 4 aromatic rings. The van der Waals surface area contributed by atoms with Gasteiger partial charge in [0.15, 0.2) is 11.2 Å². The third-order valence-electron chi connectivity index (χ3n) is 4.17. The van der Waals surface area contributed by atoms with Gasteiger partial charge in [-0.3, -0.25) is 4.79 Å². The number of fused-ring (bicyclic) bond motifs is 1. The first-order chi connectivity index (χ1) is 13.0. The Bertz CT molecular complexity index is 1140. The third kappa shape index (κ3) is 3.27. The number of aromatic nitrogens is 2. The molecule has 0 fully saturated rings. The van der Waals surface area contributed by atoms with E-state index in [4.69, 9.17) is 27.6 Å². The molecule has 0 unspecified atom stereocenters. The molecule has 5 nitrogen and oxygen atoms in total. The van der Waals surface area contributed by atoms with Gasteiger partial charge in [0.05, 0.1) is 15.6 Å². The number of amides is 1. The van der Waals surface area contributed by atoms with Crippen molar-refractivity contribution in [1.29, 1.82) is 0 Å². The molecule has 0 atom stereocenters. The number of halogens is 2. The van der Waals surface area contributed by atoms with Crippen molar-refractivity contribution < 1.29 is 9.21 Å². The second-order valence-corrected chi connectivity index (χ2v) is 6.66. The van der Waals surface area contributed by atoms with E-state index >= 15 is 0 Å². The zero-order chi connectivity index (χ0) is 19.0. The molecule has 0 saturated carbocycles. The summed E-state index contributed by atoms with van der Waals surface area (Å²) in [5, 5.41) is 3.42. The quantitative estimate of drug-likeness (QED) is 0.477. The molecule has 0 aliphatic carbocycles. The number of benzene rings is 2. The molecular weight excluding hydrogens is 385 g/mol. The highest BCUT2D eigenvalue weighted by atomic mass is 35.5. The van der Waals surface area contributed by atoms with Crippen molar-refractivity contribution in [3.63, 3.8) is 0 Å². The van der Waals surface area contributed by atoms with Crippen LogP contribution in [-0.4, -0.2) is 15.9 Å². The summed E-state index contributed by atoms with van der Waals surface area (Å²) < 4.78 is 5.79. The van der Waals surface area contributed by atoms with Crippen LogP contribution in [0, 0.1) is 6.92 Å². The summed E-state index contributed by atoms with van der Waals surface area (Å²) in [5.41, 5.74) is 3.65. The lowest BCUT2D eigenvalue weighted by Crippen LogP contribution is -2.13. The highest BCUT2D eigenvalue weighted by Crippen LogP contribution is 2.31. The molecule has 2 aromatic heterocycles. The molecule has 0 saturated heterocycles. The minimum absolute atomic E-state index is 0.218. The number of nitrogens with zero attached hydrogens (tertiary/aromatic N) is 2. The predicted octanol–water partition coefficient (Wildman–Crippen LogP) is 5.76. The highest BCUT2D eigenvalue weighted by Gasteiger charge is 2.17. The van der Waals surface area contributed by atoms with Crippen LogP contribution in [-0.2, 0) is 0 Å². The maximum absolute atomic E-state index is 12.6. The number of hydrogen-bond acceptors (Lipinski definition) is 4. The summed E-state index contributed by atoms with van der Waals surface area (Å²) in [5.74, 6) is 0.0973. The molecule has 1 N–H and O–H groups in total. The van der Waals surface area contributed by atoms with Crippen LogP contribution >= 0.6 is 23.2 Å². The van der Waals surface area contributed by atoms with Crippen LogP contribution in [0.25, 0.3) is 22.7 Å². The lowest BCUT2D eigenvalue weighted by atomic mass is 10.1. The Kier molecular flexibility index (Phi) is 4.56. The number of oxazole rings is 1. The third-order valence-corrected chi connectivity index (χ3v) is 4.99. The van der Waals surface area contributed by atoms with E-state index < -0.39 is 0 Å². The zero-order valence-electron chi connectivity index (χ0n) is 14.2. The average Bonchev–Trinajstić information content (AvgIpc) is 3.09. The first kappa shape index (κ1) is 17.5. The number of carbonyl (C=O) groups is 1. The molecule has 2 heterocycles. The Balaban J connectivity index is 1.70. The fourth-order valence-corrected chi connectivity index (χ4v) is 3.14. The SMILES string of the molecule is Cc1c(NC(=O)c2cccc(Cl)c2Cl)cccc1-c1nc2ncccc2o1. The fraction of sp³-hybridized carbons (Fsp3) is 0.0500. The van der Waals surface area contributed by atoms with Crippen molar-refractivity contribution in [3.8, 4) is 11.5 Å². The Morgan fingerprint density at radius 3 is 2.70 bits per heavy atom. The van der Waals surface area contributed by atoms with Crippen LogP contribution in [0.3, 0.4) is 0 Å². The van der Waals surface area contributed by atoms with Gasteiger partial charge in [-0.05, 0) is 48.9 Å². The van der Waals surface area contributed by atoms with E-state index in [0.717, 1.165) is 11.1 Å². The van der Waals surface area contributed by atoms with Gasteiger partial charge in [-0.15, -0.1) is 0 Å². The van der Waals surface area contributed by atoms with Crippen LogP contribution in [0.4, 0.5) is 5.69 Å². The van der Waals surface area contributed by atoms with E-state index in [9.17, 15) is 4.79 Å². The molecule has 0 spiro atoms. The Hall–Kier alpha value is -2.89. The fourth-order valence-electron chi connectivity index (χ4n) is 2.76. The highest BCUT2D eigenvalue weighted by molar-refractivity contribution is 6.44. The Morgan fingerprint density at radius 2 is 1.89 bits per heavy atom. The van der Waals surface area contributed by atoms with Gasteiger partial charge in [-0.1, -0.05) is 35.3 Å². The monoisotopic (exact) mass is 397 g/mol. The van der Waals surface area contributed by atoms with Gasteiger partial charge in [0.1, 0.15) is 0 Å². The molecule has 0 radical (unpaired) electrons. The minimum Gasteiger partial charge on any atom is -0.434 e. The van der Waals surface area contributed by atoms with Gasteiger partial charge in [0, 0.05) is 17.4 Å². The number of nitrogens with one attached hydrogen (secondary N) is 1. The average molecular weight is 398 g/mol. The van der Waals surface area contributed by atoms with Crippen molar-refractivity contribution in [2.75, 3.05) is 5.32 Å². The molecule has 1 amide bonds. The van der Waals surface area contributed by atoms with E-state index in [1.54, 1.807) is 42.6 Å². The molecule has 134 valence electrons. The summed E-state index contributed by atoms with van der Waals surface area (Å²) in [4.78, 5) is 21.2. The van der Waals surface area contributed by atoms with Crippen molar-refractivity contribution in [2.24, 2.45) is 0 Å². The van der Waals surface area contributed by atoms with Gasteiger partial charge in [0.2, 0.25) is 5.89 Å². The number of hydrogen-bond donors (Lipinski definition) is 1. The molecular formula is C20H13Cl2N3O2. The van der Waals surface area contributed by atoms with E-state index in [2.05, 4.69) is 15.3 Å². The summed E-state index contributed by atoms with van der Waals surface area (Å²) >= 11 is 12.1. The van der Waals surface area contributed by atoms with Crippen LogP contribution in [0.5, 0.6) is 0 Å². The zero-order valence-corrected chi connectivity index (χ0v) is 15.7. The number of anilines is 1. The molecule has 2 aromatic carbocycles. The summed E-state index contributed by atoms with van der Waals surface area (Å²) in [6.45, 7) is 1.88. The standard InChI is InChI=1S/C20H13Cl2N3O2/c1-11-12(20-25-18-16(27-20)9-4-10-23-18)5-3-8-15(11)24-19(26)13-6-2-7-14(21)17(13)22/h2-10H,1H3,(H,24,26). The second kappa shape index (κ2) is 7.02. The second-order valence-electron chi connectivity index (χ2n) is 5.88. The van der Waals surface area contributed by atoms with E-state index in [1.807, 2.05) is 19.1 Å². The molecule has 0 aliphatic rings. The van der Waals surface area contributed by atoms with Crippen molar-refractivity contribution in [3.05, 3.63) is 75.9 Å². The maximum atomic E-state index is 12.6. The van der Waals surface area contributed by atoms with Gasteiger partial charge >= 0.3 is 0 Å². The lowest BCUT2D eigenvalue weighted by molar-refractivity contribution is 0.102. The molecule has 0 aliphatic heterocycles. The van der Waals surface area contributed by atoms with Crippen molar-refractivity contribution in [1.82, 2.24) is 9.97 Å². The topological polar surface area (TPSA) is 68.0 Å². The van der Waals surface area contributed by atoms with Crippen molar-refractivity contribution in [2.45, 2.75) is 6.92 Å². The van der Waals surface area contributed by atoms with Gasteiger partial charge in [0.25, 0.3) is 5.91 Å².